The Labute approximate surface area is 216 Å². The van der Waals surface area contributed by atoms with E-state index >= 15 is 4.39 Å². The first kappa shape index (κ1) is 28.2. The monoisotopic (exact) mass is 509 g/mol. The van der Waals surface area contributed by atoms with Crippen molar-refractivity contribution in [3.05, 3.63) is 34.6 Å². The van der Waals surface area contributed by atoms with E-state index < -0.39 is 0 Å². The number of carbonyl (C=O) groups is 1. The summed E-state index contributed by atoms with van der Waals surface area (Å²) >= 11 is 6.15. The summed E-state index contributed by atoms with van der Waals surface area (Å²) in [4.78, 5) is 15.3. The minimum absolute atomic E-state index is 0.0236. The maximum atomic E-state index is 15.1. The van der Waals surface area contributed by atoms with Crippen molar-refractivity contribution in [2.45, 2.75) is 82.6 Å². The number of hydrogen-bond donors (Lipinski definition) is 2. The predicted octanol–water partition coefficient (Wildman–Crippen LogP) is 6.36. The van der Waals surface area contributed by atoms with Gasteiger partial charge in [-0.3, -0.25) is 0 Å². The summed E-state index contributed by atoms with van der Waals surface area (Å²) in [6.07, 6.45) is 12.3. The fourth-order valence-corrected chi connectivity index (χ4v) is 6.30. The summed E-state index contributed by atoms with van der Waals surface area (Å²) < 4.78 is 20.3. The fourth-order valence-electron chi connectivity index (χ4n) is 6.12. The number of unbranched alkanes of at least 4 members (excludes halogenated alkanes) is 1. The van der Waals surface area contributed by atoms with E-state index in [1.54, 1.807) is 13.2 Å². The van der Waals surface area contributed by atoms with E-state index in [9.17, 15) is 4.79 Å². The average molecular weight is 510 g/mol. The van der Waals surface area contributed by atoms with Crippen LogP contribution in [0.15, 0.2) is 18.2 Å². The number of benzene rings is 1. The molecule has 7 heteroatoms. The minimum atomic E-state index is -0.311. The van der Waals surface area contributed by atoms with E-state index in [-0.39, 0.29) is 34.7 Å². The number of rotatable bonds is 12. The van der Waals surface area contributed by atoms with Crippen molar-refractivity contribution in [3.63, 3.8) is 0 Å². The summed E-state index contributed by atoms with van der Waals surface area (Å²) in [6, 6.07) is 5.48. The summed E-state index contributed by atoms with van der Waals surface area (Å²) in [7, 11) is 3.66. The molecule has 2 aliphatic rings. The number of hydrogen-bond acceptors (Lipinski definition) is 3. The summed E-state index contributed by atoms with van der Waals surface area (Å²) in [5.74, 6) is 0.649. The Bertz CT molecular complexity index is 775. The van der Waals surface area contributed by atoms with E-state index in [0.717, 1.165) is 51.6 Å². The number of methoxy groups -OCH3 is 1. The average Bonchev–Trinajstić information content (AvgIpc) is 2.87. The van der Waals surface area contributed by atoms with Crippen LogP contribution in [0.3, 0.4) is 0 Å². The first-order valence-electron chi connectivity index (χ1n) is 13.7. The lowest BCUT2D eigenvalue weighted by atomic mass is 9.78. The van der Waals surface area contributed by atoms with Gasteiger partial charge in [-0.05, 0) is 68.5 Å². The van der Waals surface area contributed by atoms with Crippen molar-refractivity contribution in [1.82, 2.24) is 15.5 Å². The zero-order chi connectivity index (χ0) is 25.0. The molecule has 2 amide bonds. The normalized spacial score (nSPS) is 21.0. The van der Waals surface area contributed by atoms with Crippen LogP contribution in [0.25, 0.3) is 0 Å². The highest BCUT2D eigenvalue weighted by Crippen LogP contribution is 2.38. The molecule has 1 aromatic carbocycles. The molecule has 1 aromatic rings. The molecule has 3 atom stereocenters. The zero-order valence-electron chi connectivity index (χ0n) is 21.7. The van der Waals surface area contributed by atoms with Crippen molar-refractivity contribution in [3.8, 4) is 0 Å². The van der Waals surface area contributed by atoms with E-state index in [1.807, 2.05) is 24.1 Å². The maximum Gasteiger partial charge on any atom is 0.317 e. The molecule has 5 nitrogen and oxygen atoms in total. The molecular formula is C28H45ClFN3O2. The van der Waals surface area contributed by atoms with Crippen LogP contribution in [0.2, 0.25) is 5.02 Å². The Balaban J connectivity index is 1.66. The van der Waals surface area contributed by atoms with Gasteiger partial charge in [0, 0.05) is 39.4 Å². The van der Waals surface area contributed by atoms with Crippen molar-refractivity contribution >= 4 is 17.6 Å². The predicted molar refractivity (Wildman–Crippen MR) is 142 cm³/mol. The lowest BCUT2D eigenvalue weighted by molar-refractivity contribution is 0.146. The number of amides is 2. The van der Waals surface area contributed by atoms with Gasteiger partial charge in [-0.25, -0.2) is 9.18 Å². The van der Waals surface area contributed by atoms with E-state index in [1.165, 1.54) is 32.1 Å². The lowest BCUT2D eigenvalue weighted by Crippen LogP contribution is -2.51. The van der Waals surface area contributed by atoms with Crippen LogP contribution >= 0.6 is 11.6 Å². The molecule has 1 saturated heterocycles. The van der Waals surface area contributed by atoms with Gasteiger partial charge in [0.15, 0.2) is 0 Å². The first-order valence-corrected chi connectivity index (χ1v) is 14.0. The molecule has 1 aliphatic carbocycles. The smallest absolute Gasteiger partial charge is 0.317 e. The summed E-state index contributed by atoms with van der Waals surface area (Å²) in [5.41, 5.74) is 0.688. The number of nitrogens with zero attached hydrogens (tertiary/aromatic N) is 1. The molecule has 198 valence electrons. The van der Waals surface area contributed by atoms with Gasteiger partial charge in [-0.15, -0.1) is 0 Å². The van der Waals surface area contributed by atoms with Gasteiger partial charge in [0.25, 0.3) is 0 Å². The molecule has 0 bridgehead atoms. The Kier molecular flexibility index (Phi) is 12.1. The highest BCUT2D eigenvalue weighted by Gasteiger charge is 2.32. The van der Waals surface area contributed by atoms with Gasteiger partial charge in [0.2, 0.25) is 0 Å². The number of ether oxygens (including phenoxy) is 1. The van der Waals surface area contributed by atoms with Crippen LogP contribution in [0.1, 0.15) is 82.1 Å². The van der Waals surface area contributed by atoms with Gasteiger partial charge >= 0.3 is 6.03 Å². The van der Waals surface area contributed by atoms with Crippen molar-refractivity contribution in [2.75, 3.05) is 40.4 Å². The van der Waals surface area contributed by atoms with Crippen molar-refractivity contribution < 1.29 is 13.9 Å². The van der Waals surface area contributed by atoms with E-state index in [4.69, 9.17) is 16.3 Å². The van der Waals surface area contributed by atoms with Crippen molar-refractivity contribution in [2.24, 2.45) is 11.8 Å². The second-order valence-electron chi connectivity index (χ2n) is 10.5. The van der Waals surface area contributed by atoms with Crippen LogP contribution in [0, 0.1) is 17.7 Å². The third kappa shape index (κ3) is 8.61. The number of likely N-dealkylation sites (tertiary alicyclic amines) is 1. The molecule has 1 heterocycles. The Morgan fingerprint density at radius 1 is 1.20 bits per heavy atom. The summed E-state index contributed by atoms with van der Waals surface area (Å²) in [5, 5.41) is 6.76. The Morgan fingerprint density at radius 3 is 2.74 bits per heavy atom. The van der Waals surface area contributed by atoms with Crippen molar-refractivity contribution in [1.29, 1.82) is 0 Å². The fraction of sp³-hybridized carbons (Fsp3) is 0.750. The molecule has 0 aromatic heterocycles. The highest BCUT2D eigenvalue weighted by molar-refractivity contribution is 6.30. The second kappa shape index (κ2) is 15.0. The van der Waals surface area contributed by atoms with Gasteiger partial charge in [0.05, 0.1) is 5.02 Å². The second-order valence-corrected chi connectivity index (χ2v) is 10.9. The van der Waals surface area contributed by atoms with Crippen LogP contribution < -0.4 is 10.6 Å². The number of likely N-dealkylation sites (N-methyl/N-ethyl adjacent to an activating group) is 1. The first-order chi connectivity index (χ1) is 17.0. The van der Waals surface area contributed by atoms with Crippen LogP contribution in [-0.2, 0) is 4.74 Å². The number of nitrogens with one attached hydrogen (secondary N) is 2. The minimum Gasteiger partial charge on any atom is -0.385 e. The number of piperidine rings is 1. The molecule has 0 spiro atoms. The molecule has 35 heavy (non-hydrogen) atoms. The third-order valence-electron chi connectivity index (χ3n) is 7.93. The number of halogens is 2. The van der Waals surface area contributed by atoms with Gasteiger partial charge in [-0.2, -0.15) is 0 Å². The maximum absolute atomic E-state index is 15.1. The molecular weight excluding hydrogens is 465 g/mol. The van der Waals surface area contributed by atoms with Gasteiger partial charge in [0.1, 0.15) is 5.82 Å². The largest absolute Gasteiger partial charge is 0.385 e. The summed E-state index contributed by atoms with van der Waals surface area (Å²) in [6.45, 7) is 2.90. The number of carbonyl (C=O) groups excluding carboxylic acids is 1. The van der Waals surface area contributed by atoms with Crippen LogP contribution in [-0.4, -0.2) is 57.4 Å². The third-order valence-corrected chi connectivity index (χ3v) is 8.22. The molecule has 2 unspecified atom stereocenters. The van der Waals surface area contributed by atoms with Gasteiger partial charge < -0.3 is 20.3 Å². The zero-order valence-corrected chi connectivity index (χ0v) is 22.4. The molecule has 0 radical (unpaired) electrons. The topological polar surface area (TPSA) is 53.6 Å². The SMILES string of the molecule is CNCC(CC1CCCCC1)NC(=O)N1CCCC([C@@H](CCCCOC)c2cccc(Cl)c2F)C1. The van der Waals surface area contributed by atoms with Crippen LogP contribution in [0.5, 0.6) is 0 Å². The molecule has 2 fully saturated rings. The quantitative estimate of drug-likeness (QED) is 0.322. The molecule has 3 rings (SSSR count). The van der Waals surface area contributed by atoms with E-state index in [0.29, 0.717) is 24.6 Å². The Hall–Kier alpha value is -1.37. The van der Waals surface area contributed by atoms with Crippen LogP contribution in [0.4, 0.5) is 9.18 Å². The number of urea groups is 1. The van der Waals surface area contributed by atoms with Gasteiger partial charge in [-0.1, -0.05) is 62.3 Å². The molecule has 1 saturated carbocycles. The Morgan fingerprint density at radius 2 is 2.00 bits per heavy atom. The lowest BCUT2D eigenvalue weighted by Gasteiger charge is -2.38. The molecule has 1 aliphatic heterocycles. The highest BCUT2D eigenvalue weighted by atomic mass is 35.5. The molecule has 2 N–H and O–H groups in total. The standard InChI is InChI=1S/C28H45ClFN3O2/c1-31-19-23(18-21-10-4-3-5-11-21)32-28(34)33-16-9-12-22(20-33)24(13-6-7-17-35-2)25-14-8-15-26(29)27(25)30/h8,14-15,21-24,31H,3-7,9-13,16-20H2,1-2H3,(H,32,34)/t22?,23?,24-/m1/s1. The van der Waals surface area contributed by atoms with E-state index in [2.05, 4.69) is 10.6 Å².